The van der Waals surface area contributed by atoms with Gasteiger partial charge in [-0.25, -0.2) is 0 Å². The fourth-order valence-electron chi connectivity index (χ4n) is 9.98. The van der Waals surface area contributed by atoms with E-state index in [9.17, 15) is 57.8 Å². The third kappa shape index (κ3) is 26.5. The Kier molecular flexibility index (Phi) is 31.9. The summed E-state index contributed by atoms with van der Waals surface area (Å²) in [6.45, 7) is 5.52. The number of aromatic hydroxyl groups is 1. The molecule has 2 saturated heterocycles. The van der Waals surface area contributed by atoms with Gasteiger partial charge in [0.2, 0.25) is 65.0 Å². The maximum absolute atomic E-state index is 15.0. The predicted octanol–water partition coefficient (Wildman–Crippen LogP) is -5.01. The number of nitrogens with two attached hydrogens (primary N) is 8. The molecule has 11 amide bonds. The molecule has 0 saturated carbocycles. The molecule has 0 bridgehead atoms. The van der Waals surface area contributed by atoms with E-state index in [0.29, 0.717) is 24.0 Å². The van der Waals surface area contributed by atoms with Gasteiger partial charge in [-0.1, -0.05) is 84.3 Å². The van der Waals surface area contributed by atoms with E-state index in [-0.39, 0.29) is 113 Å². The van der Waals surface area contributed by atoms with Gasteiger partial charge in [-0.2, -0.15) is 0 Å². The Hall–Kier alpha value is -9.12. The quantitative estimate of drug-likeness (QED) is 0.0172. The van der Waals surface area contributed by atoms with Crippen molar-refractivity contribution in [1.82, 2.24) is 52.8 Å². The van der Waals surface area contributed by atoms with Crippen LogP contribution in [0.3, 0.4) is 0 Å². The number of carbonyl (C=O) groups excluding carboxylic acids is 11. The first-order valence-corrected chi connectivity index (χ1v) is 33.1. The van der Waals surface area contributed by atoms with Crippen LogP contribution in [0.15, 0.2) is 69.6 Å². The number of nitrogens with zero attached hydrogens (tertiary/aromatic N) is 4. The molecule has 0 aromatic heterocycles. The van der Waals surface area contributed by atoms with Gasteiger partial charge >= 0.3 is 0 Å². The molecule has 2 aromatic rings. The molecule has 35 heteroatoms. The fourth-order valence-corrected chi connectivity index (χ4v) is 12.8. The summed E-state index contributed by atoms with van der Waals surface area (Å²) in [4.78, 5) is 169. The molecule has 2 unspecified atom stereocenters. The number of phenolic OH excluding ortho intramolecular Hbond substituents is 1. The molecule has 0 spiro atoms. The lowest BCUT2D eigenvalue weighted by atomic mass is 9.96. The first-order valence-electron chi connectivity index (χ1n) is 30.8. The molecule has 2 aromatic carbocycles. The molecule has 0 radical (unpaired) electrons. The predicted molar refractivity (Wildman–Crippen MR) is 357 cm³/mol. The lowest BCUT2D eigenvalue weighted by molar-refractivity contribution is -0.143. The molecule has 2 aliphatic heterocycles. The van der Waals surface area contributed by atoms with Crippen LogP contribution in [-0.2, 0) is 65.6 Å². The number of carbonyl (C=O) groups is 11. The van der Waals surface area contributed by atoms with Crippen LogP contribution in [0, 0.1) is 5.92 Å². The number of fused-ring (bicyclic) bond motifs is 1. The average Bonchev–Trinajstić information content (AvgIpc) is 1.51. The highest BCUT2D eigenvalue weighted by Gasteiger charge is 2.44. The third-order valence-corrected chi connectivity index (χ3v) is 18.6. The van der Waals surface area contributed by atoms with Gasteiger partial charge in [0.25, 0.3) is 0 Å². The summed E-state index contributed by atoms with van der Waals surface area (Å²) in [6, 6.07) is 2.28. The smallest absolute Gasteiger partial charge is 0.245 e. The van der Waals surface area contributed by atoms with E-state index >= 15 is 0 Å². The van der Waals surface area contributed by atoms with E-state index in [0.717, 1.165) is 21.6 Å². The monoisotopic (exact) mass is 1350 g/mol. The second-order valence-corrected chi connectivity index (χ2v) is 26.2. The van der Waals surface area contributed by atoms with Crippen LogP contribution in [0.5, 0.6) is 5.75 Å². The summed E-state index contributed by atoms with van der Waals surface area (Å²) < 4.78 is -1.31. The summed E-state index contributed by atoms with van der Waals surface area (Å²) in [5, 5.41) is 33.4. The zero-order valence-corrected chi connectivity index (χ0v) is 55.0. The summed E-state index contributed by atoms with van der Waals surface area (Å²) in [5.41, 5.74) is 46.9. The minimum Gasteiger partial charge on any atom is -0.508 e. The summed E-state index contributed by atoms with van der Waals surface area (Å²) in [6.07, 6.45) is 0.825. The lowest BCUT2D eigenvalue weighted by Crippen LogP contribution is -2.61. The summed E-state index contributed by atoms with van der Waals surface area (Å²) in [5.74, 6) is -10.7. The van der Waals surface area contributed by atoms with E-state index in [4.69, 9.17) is 45.9 Å². The van der Waals surface area contributed by atoms with Crippen molar-refractivity contribution < 1.29 is 57.8 Å². The third-order valence-electron chi connectivity index (χ3n) is 15.3. The SMILES string of the molecule is CC[C@H](C)[C@@H]1NC(=O)C(CCCN=C(N)N)NC(=O)C(CCCN=C(N)N)NC(=O)[C@H](NC(=O)[C@H](Cc2ccccc2)NC(=O)CNC(=O)CNC(=O)[C@@H](N)Cc2ccc(O)cc2)CSSC(C)(C)[C@H](C(N)=O)NC(=O)[C@@H]2CCCN2C(=O)[C@H](CCCN=C(N)N)NC1=O. The molecule has 2 heterocycles. The Morgan fingerprint density at radius 1 is 0.660 bits per heavy atom. The standard InChI is InChI=1S/C59H93N21O12S2/c1-5-32(2)45-54(91)76-39(17-11-25-70-58(66)67)55(92)80-26-12-18-42(80)53(90)79-46(47(61)84)59(3,4)94-93-31-41(52(89)75-37(15-9-23-68-56(62)63)49(86)74-38(50(87)78-45)16-10-24-69-57(64)65)77-51(88)40(28-33-13-7-6-8-14-33)73-44(83)30-71-43(82)29-72-48(85)36(60)27-34-19-21-35(81)22-20-34/h6-8,13-14,19-22,32,36-42,45-46,81H,5,9-12,15-18,23-31,60H2,1-4H3,(H2,61,84)(H,71,82)(H,72,85)(H,73,83)(H,74,86)(H,75,89)(H,76,91)(H,77,88)(H,78,87)(H,79,90)(H4,62,63,68)(H4,64,65,69)(H4,66,67,70)/t32-,36-,37?,38?,39-,40-,41+,42-,45-,46-/m0/s1. The van der Waals surface area contributed by atoms with Crippen LogP contribution in [0.1, 0.15) is 96.6 Å². The van der Waals surface area contributed by atoms with E-state index in [2.05, 4.69) is 62.8 Å². The Balaban J connectivity index is 1.77. The van der Waals surface area contributed by atoms with Crippen LogP contribution < -0.4 is 93.7 Å². The second kappa shape index (κ2) is 38.8. The van der Waals surface area contributed by atoms with Crippen LogP contribution in [0.2, 0.25) is 0 Å². The first-order chi connectivity index (χ1) is 44.5. The highest BCUT2D eigenvalue weighted by atomic mass is 33.1. The molecular weight excluding hydrogens is 1260 g/mol. The first kappa shape index (κ1) is 77.3. The summed E-state index contributed by atoms with van der Waals surface area (Å²) in [7, 11) is 1.96. The molecule has 10 atom stereocenters. The summed E-state index contributed by atoms with van der Waals surface area (Å²) >= 11 is 0. The molecule has 2 aliphatic rings. The topological polar surface area (TPSA) is 565 Å². The number of rotatable bonds is 27. The molecule has 0 aliphatic carbocycles. The average molecular weight is 1350 g/mol. The molecule has 94 heavy (non-hydrogen) atoms. The van der Waals surface area contributed by atoms with Crippen molar-refractivity contribution in [2.45, 2.75) is 157 Å². The van der Waals surface area contributed by atoms with E-state index in [1.165, 1.54) is 17.0 Å². The Bertz CT molecular complexity index is 3020. The largest absolute Gasteiger partial charge is 0.508 e. The second-order valence-electron chi connectivity index (χ2n) is 23.2. The van der Waals surface area contributed by atoms with Crippen molar-refractivity contribution in [1.29, 1.82) is 0 Å². The normalized spacial score (nSPS) is 21.7. The maximum atomic E-state index is 15.0. The number of benzene rings is 2. The van der Waals surface area contributed by atoms with Gasteiger partial charge in [-0.15, -0.1) is 0 Å². The highest BCUT2D eigenvalue weighted by molar-refractivity contribution is 8.77. The van der Waals surface area contributed by atoms with Crippen LogP contribution in [0.25, 0.3) is 0 Å². The highest BCUT2D eigenvalue weighted by Crippen LogP contribution is 2.39. The molecule has 518 valence electrons. The number of amides is 11. The van der Waals surface area contributed by atoms with Gasteiger partial charge in [0.05, 0.1) is 19.1 Å². The number of guanidine groups is 3. The molecule has 33 nitrogen and oxygen atoms in total. The number of aliphatic imine (C=N–C) groups is 3. The van der Waals surface area contributed by atoms with Crippen molar-refractivity contribution in [3.63, 3.8) is 0 Å². The van der Waals surface area contributed by atoms with Crippen molar-refractivity contribution in [2.75, 3.05) is 45.0 Å². The van der Waals surface area contributed by atoms with Crippen molar-refractivity contribution in [2.24, 2.45) is 66.8 Å². The Labute approximate surface area is 553 Å². The van der Waals surface area contributed by atoms with Crippen molar-refractivity contribution in [3.8, 4) is 5.75 Å². The van der Waals surface area contributed by atoms with E-state index in [1.54, 1.807) is 70.2 Å². The van der Waals surface area contributed by atoms with E-state index in [1.807, 2.05) is 0 Å². The number of hydrogen-bond acceptors (Lipinski definition) is 18. The zero-order chi connectivity index (χ0) is 69.7. The minimum absolute atomic E-state index is 0.00330. The van der Waals surface area contributed by atoms with E-state index < -0.39 is 143 Å². The maximum Gasteiger partial charge on any atom is 0.245 e. The molecule has 4 rings (SSSR count). The Morgan fingerprint density at radius 2 is 1.19 bits per heavy atom. The lowest BCUT2D eigenvalue weighted by Gasteiger charge is -2.34. The minimum atomic E-state index is -1.59. The van der Waals surface area contributed by atoms with Gasteiger partial charge in [0.1, 0.15) is 54.1 Å². The van der Waals surface area contributed by atoms with Gasteiger partial charge < -0.3 is 104 Å². The van der Waals surface area contributed by atoms with Gasteiger partial charge in [-0.05, 0) is 101 Å². The Morgan fingerprint density at radius 3 is 1.76 bits per heavy atom. The van der Waals surface area contributed by atoms with Crippen LogP contribution in [-0.4, -0.2) is 197 Å². The number of nitrogens with one attached hydrogen (secondary N) is 9. The van der Waals surface area contributed by atoms with Gasteiger partial charge in [0, 0.05) is 43.1 Å². The molecule has 2 fully saturated rings. The number of hydrogen-bond donors (Lipinski definition) is 18. The van der Waals surface area contributed by atoms with Crippen molar-refractivity contribution >= 4 is 104 Å². The zero-order valence-electron chi connectivity index (χ0n) is 53.4. The number of phenols is 1. The molecular formula is C59H93N21O12S2. The van der Waals surface area contributed by atoms with Gasteiger partial charge in [-0.3, -0.25) is 67.7 Å². The molecule has 26 N–H and O–H groups in total. The van der Waals surface area contributed by atoms with Crippen LogP contribution >= 0.6 is 21.6 Å². The van der Waals surface area contributed by atoms with Gasteiger partial charge in [0.15, 0.2) is 17.9 Å². The van der Waals surface area contributed by atoms with Crippen LogP contribution in [0.4, 0.5) is 0 Å². The van der Waals surface area contributed by atoms with Crippen molar-refractivity contribution in [3.05, 3.63) is 65.7 Å². The number of primary amides is 1. The fraction of sp³-hybridized carbons (Fsp3) is 0.559.